The highest BCUT2D eigenvalue weighted by atomic mass is 32.2. The molecule has 1 aliphatic heterocycles. The van der Waals surface area contributed by atoms with Gasteiger partial charge in [-0.2, -0.15) is 25.9 Å². The van der Waals surface area contributed by atoms with Crippen molar-refractivity contribution >= 4 is 16.4 Å². The van der Waals surface area contributed by atoms with Crippen molar-refractivity contribution in [3.8, 4) is 0 Å². The summed E-state index contributed by atoms with van der Waals surface area (Å²) in [5.41, 5.74) is -1.29. The second-order valence-electron chi connectivity index (χ2n) is 6.99. The average molecular weight is 395 g/mol. The standard InChI is InChI=1S/C16H20F3NO5S/c1-10(11-5-7-12(8-6-11)16(17,18)19)13-9-24-26(22,23)20(13)14(21)25-15(2,3)4/h5-8,10,13H,9H2,1-4H3/t10-,13+/m0/s1. The van der Waals surface area contributed by atoms with Crippen LogP contribution in [0.1, 0.15) is 44.7 Å². The number of amides is 1. The maximum atomic E-state index is 12.7. The molecule has 1 aliphatic rings. The van der Waals surface area contributed by atoms with Crippen molar-refractivity contribution in [2.75, 3.05) is 6.61 Å². The van der Waals surface area contributed by atoms with Gasteiger partial charge in [0.05, 0.1) is 18.2 Å². The van der Waals surface area contributed by atoms with E-state index in [2.05, 4.69) is 0 Å². The van der Waals surface area contributed by atoms with Crippen molar-refractivity contribution in [3.05, 3.63) is 35.4 Å². The van der Waals surface area contributed by atoms with Crippen LogP contribution in [0.2, 0.25) is 0 Å². The molecule has 0 aliphatic carbocycles. The van der Waals surface area contributed by atoms with Gasteiger partial charge in [-0.05, 0) is 38.5 Å². The number of benzene rings is 1. The average Bonchev–Trinajstić information content (AvgIpc) is 2.79. The van der Waals surface area contributed by atoms with Crippen molar-refractivity contribution in [2.45, 2.75) is 51.4 Å². The Kier molecular flexibility index (Phi) is 5.31. The fourth-order valence-corrected chi connectivity index (χ4v) is 3.74. The number of ether oxygens (including phenoxy) is 1. The highest BCUT2D eigenvalue weighted by Gasteiger charge is 2.47. The molecule has 0 saturated carbocycles. The van der Waals surface area contributed by atoms with E-state index in [1.165, 1.54) is 12.1 Å². The van der Waals surface area contributed by atoms with Crippen LogP contribution < -0.4 is 0 Å². The Bertz CT molecular complexity index is 769. The lowest BCUT2D eigenvalue weighted by Gasteiger charge is -2.28. The Labute approximate surface area is 150 Å². The predicted octanol–water partition coefficient (Wildman–Crippen LogP) is 3.69. The summed E-state index contributed by atoms with van der Waals surface area (Å²) in [5, 5.41) is 0. The topological polar surface area (TPSA) is 72.9 Å². The summed E-state index contributed by atoms with van der Waals surface area (Å²) in [7, 11) is -4.31. The Morgan fingerprint density at radius 3 is 2.23 bits per heavy atom. The van der Waals surface area contributed by atoms with Gasteiger partial charge in [-0.3, -0.25) is 4.18 Å². The van der Waals surface area contributed by atoms with E-state index in [-0.39, 0.29) is 6.61 Å². The second-order valence-corrected chi connectivity index (χ2v) is 8.48. The van der Waals surface area contributed by atoms with Gasteiger partial charge in [0.25, 0.3) is 0 Å². The van der Waals surface area contributed by atoms with Crippen LogP contribution in [0.25, 0.3) is 0 Å². The van der Waals surface area contributed by atoms with Crippen LogP contribution in [0.3, 0.4) is 0 Å². The number of carbonyl (C=O) groups is 1. The zero-order valence-electron chi connectivity index (χ0n) is 14.7. The number of hydrogen-bond acceptors (Lipinski definition) is 5. The van der Waals surface area contributed by atoms with Crippen LogP contribution >= 0.6 is 0 Å². The van der Waals surface area contributed by atoms with Gasteiger partial charge in [0.1, 0.15) is 5.60 Å². The minimum Gasteiger partial charge on any atom is -0.443 e. The third-order valence-electron chi connectivity index (χ3n) is 3.84. The Hall–Kier alpha value is -1.81. The normalized spacial score (nSPS) is 21.5. The molecule has 2 rings (SSSR count). The molecule has 1 aromatic carbocycles. The molecule has 146 valence electrons. The van der Waals surface area contributed by atoms with Crippen molar-refractivity contribution < 1.29 is 35.3 Å². The molecule has 1 saturated heterocycles. The van der Waals surface area contributed by atoms with E-state index in [9.17, 15) is 26.4 Å². The zero-order valence-corrected chi connectivity index (χ0v) is 15.5. The first kappa shape index (κ1) is 20.5. The molecular formula is C16H20F3NO5S. The van der Waals surface area contributed by atoms with Gasteiger partial charge in [-0.25, -0.2) is 4.79 Å². The summed E-state index contributed by atoms with van der Waals surface area (Å²) in [5.74, 6) is -0.595. The first-order valence-electron chi connectivity index (χ1n) is 7.81. The van der Waals surface area contributed by atoms with Crippen LogP contribution in [-0.4, -0.2) is 37.1 Å². The van der Waals surface area contributed by atoms with E-state index in [1.807, 2.05) is 0 Å². The number of halogens is 3. The molecule has 0 unspecified atom stereocenters. The zero-order chi connectivity index (χ0) is 19.9. The molecule has 10 heteroatoms. The lowest BCUT2D eigenvalue weighted by molar-refractivity contribution is -0.137. The first-order chi connectivity index (χ1) is 11.7. The molecular weight excluding hydrogens is 375 g/mol. The van der Waals surface area contributed by atoms with E-state index in [4.69, 9.17) is 8.92 Å². The van der Waals surface area contributed by atoms with Crippen molar-refractivity contribution in [2.24, 2.45) is 0 Å². The molecule has 0 spiro atoms. The van der Waals surface area contributed by atoms with Gasteiger partial charge in [-0.1, -0.05) is 19.1 Å². The SMILES string of the molecule is C[C@@H](c1ccc(C(F)(F)F)cc1)[C@H]1COS(=O)(=O)N1C(=O)OC(C)(C)C. The molecule has 6 nitrogen and oxygen atoms in total. The lowest BCUT2D eigenvalue weighted by atomic mass is 9.93. The summed E-state index contributed by atoms with van der Waals surface area (Å²) in [6, 6.07) is 3.41. The molecule has 1 aromatic rings. The first-order valence-corrected chi connectivity index (χ1v) is 9.18. The monoisotopic (exact) mass is 395 g/mol. The highest BCUT2D eigenvalue weighted by Crippen LogP contribution is 2.34. The van der Waals surface area contributed by atoms with Gasteiger partial charge < -0.3 is 4.74 Å². The van der Waals surface area contributed by atoms with Gasteiger partial charge in [0.2, 0.25) is 0 Å². The summed E-state index contributed by atoms with van der Waals surface area (Å²) < 4.78 is 72.6. The van der Waals surface area contributed by atoms with E-state index in [1.54, 1.807) is 27.7 Å². The Morgan fingerprint density at radius 2 is 1.77 bits per heavy atom. The molecule has 1 heterocycles. The van der Waals surface area contributed by atoms with Crippen LogP contribution in [-0.2, 0) is 25.4 Å². The number of hydrogen-bond donors (Lipinski definition) is 0. The number of nitrogens with zero attached hydrogens (tertiary/aromatic N) is 1. The number of carbonyl (C=O) groups excluding carboxylic acids is 1. The molecule has 0 N–H and O–H groups in total. The molecule has 2 atom stereocenters. The van der Waals surface area contributed by atoms with Crippen molar-refractivity contribution in [3.63, 3.8) is 0 Å². The summed E-state index contributed by atoms with van der Waals surface area (Å²) in [6.07, 6.45) is -5.55. The Balaban J connectivity index is 2.29. The Morgan fingerprint density at radius 1 is 1.23 bits per heavy atom. The van der Waals surface area contributed by atoms with Gasteiger partial charge in [0.15, 0.2) is 0 Å². The van der Waals surface area contributed by atoms with E-state index in [0.29, 0.717) is 9.87 Å². The van der Waals surface area contributed by atoms with Gasteiger partial charge >= 0.3 is 22.6 Å². The minimum absolute atomic E-state index is 0.302. The van der Waals surface area contributed by atoms with Gasteiger partial charge in [0, 0.05) is 5.92 Å². The maximum Gasteiger partial charge on any atom is 0.426 e. The fraction of sp³-hybridized carbons (Fsp3) is 0.562. The van der Waals surface area contributed by atoms with Gasteiger partial charge in [-0.15, -0.1) is 0 Å². The number of rotatable bonds is 2. The summed E-state index contributed by atoms with van der Waals surface area (Å²) in [4.78, 5) is 12.3. The third kappa shape index (κ3) is 4.47. The van der Waals surface area contributed by atoms with Crippen LogP contribution in [0.15, 0.2) is 24.3 Å². The summed E-state index contributed by atoms with van der Waals surface area (Å²) in [6.45, 7) is 6.06. The lowest BCUT2D eigenvalue weighted by Crippen LogP contribution is -2.44. The van der Waals surface area contributed by atoms with Crippen LogP contribution in [0.4, 0.5) is 18.0 Å². The van der Waals surface area contributed by atoms with E-state index >= 15 is 0 Å². The van der Waals surface area contributed by atoms with Crippen LogP contribution in [0.5, 0.6) is 0 Å². The highest BCUT2D eigenvalue weighted by molar-refractivity contribution is 7.85. The minimum atomic E-state index is -4.47. The number of alkyl halides is 3. The summed E-state index contributed by atoms with van der Waals surface area (Å²) >= 11 is 0. The quantitative estimate of drug-likeness (QED) is 0.764. The molecule has 0 bridgehead atoms. The van der Waals surface area contributed by atoms with Crippen molar-refractivity contribution in [1.29, 1.82) is 0 Å². The molecule has 1 fully saturated rings. The predicted molar refractivity (Wildman–Crippen MR) is 86.6 cm³/mol. The van der Waals surface area contributed by atoms with E-state index < -0.39 is 45.7 Å². The second kappa shape index (κ2) is 6.73. The van der Waals surface area contributed by atoms with Crippen LogP contribution in [0, 0.1) is 0 Å². The van der Waals surface area contributed by atoms with Crippen molar-refractivity contribution in [1.82, 2.24) is 4.31 Å². The smallest absolute Gasteiger partial charge is 0.426 e. The maximum absolute atomic E-state index is 12.7. The molecule has 0 aromatic heterocycles. The largest absolute Gasteiger partial charge is 0.443 e. The van der Waals surface area contributed by atoms with E-state index in [0.717, 1.165) is 12.1 Å². The molecule has 1 amide bonds. The molecule has 0 radical (unpaired) electrons. The molecule has 26 heavy (non-hydrogen) atoms. The third-order valence-corrected chi connectivity index (χ3v) is 5.18. The fourth-order valence-electron chi connectivity index (χ4n) is 2.52.